The van der Waals surface area contributed by atoms with E-state index in [1.807, 2.05) is 24.5 Å². The van der Waals surface area contributed by atoms with Crippen molar-refractivity contribution >= 4 is 17.1 Å². The van der Waals surface area contributed by atoms with Crippen molar-refractivity contribution in [3.63, 3.8) is 0 Å². The summed E-state index contributed by atoms with van der Waals surface area (Å²) in [6, 6.07) is 6.27. The first kappa shape index (κ1) is 16.6. The lowest BCUT2D eigenvalue weighted by molar-refractivity contribution is 0.391. The molecular formula is C19H23N5O2. The van der Waals surface area contributed by atoms with Crippen LogP contribution in [0.2, 0.25) is 0 Å². The molecule has 0 saturated heterocycles. The minimum absolute atomic E-state index is 0.504. The Hall–Kier alpha value is -2.83. The molecule has 0 radical (unpaired) electrons. The van der Waals surface area contributed by atoms with Crippen molar-refractivity contribution in [1.29, 1.82) is 0 Å². The minimum Gasteiger partial charge on any atom is -0.497 e. The SMILES string of the molecule is COc1ccc(CNc2ncc3ncn(C4CCCC4)c3n2)c(OC)c1. The molecule has 1 saturated carbocycles. The molecule has 0 aliphatic heterocycles. The van der Waals surface area contributed by atoms with Crippen LogP contribution >= 0.6 is 0 Å². The molecule has 7 nitrogen and oxygen atoms in total. The summed E-state index contributed by atoms with van der Waals surface area (Å²) in [5.74, 6) is 2.13. The molecule has 0 amide bonds. The van der Waals surface area contributed by atoms with Crippen LogP contribution in [0.25, 0.3) is 11.2 Å². The second-order valence-electron chi connectivity index (χ2n) is 6.52. The summed E-state index contributed by atoms with van der Waals surface area (Å²) in [5, 5.41) is 3.29. The number of nitrogens with one attached hydrogen (secondary N) is 1. The van der Waals surface area contributed by atoms with E-state index in [1.165, 1.54) is 25.7 Å². The predicted octanol–water partition coefficient (Wildman–Crippen LogP) is 3.57. The molecule has 1 aliphatic rings. The highest BCUT2D eigenvalue weighted by Crippen LogP contribution is 2.31. The van der Waals surface area contributed by atoms with E-state index in [0.29, 0.717) is 18.5 Å². The maximum absolute atomic E-state index is 5.45. The summed E-state index contributed by atoms with van der Waals surface area (Å²) in [7, 11) is 3.30. The van der Waals surface area contributed by atoms with Gasteiger partial charge in [-0.2, -0.15) is 4.98 Å². The van der Waals surface area contributed by atoms with Crippen molar-refractivity contribution < 1.29 is 9.47 Å². The number of imidazole rings is 1. The smallest absolute Gasteiger partial charge is 0.225 e. The summed E-state index contributed by atoms with van der Waals surface area (Å²) in [6.07, 6.45) is 8.62. The summed E-state index contributed by atoms with van der Waals surface area (Å²) in [6.45, 7) is 0.566. The van der Waals surface area contributed by atoms with E-state index in [-0.39, 0.29) is 0 Å². The van der Waals surface area contributed by atoms with Crippen molar-refractivity contribution in [2.75, 3.05) is 19.5 Å². The van der Waals surface area contributed by atoms with E-state index in [9.17, 15) is 0 Å². The highest BCUT2D eigenvalue weighted by molar-refractivity contribution is 5.71. The summed E-state index contributed by atoms with van der Waals surface area (Å²) < 4.78 is 12.9. The summed E-state index contributed by atoms with van der Waals surface area (Å²) >= 11 is 0. The second kappa shape index (κ2) is 7.19. The van der Waals surface area contributed by atoms with Crippen LogP contribution in [0.1, 0.15) is 37.3 Å². The predicted molar refractivity (Wildman–Crippen MR) is 99.7 cm³/mol. The van der Waals surface area contributed by atoms with Gasteiger partial charge in [-0.15, -0.1) is 0 Å². The molecule has 2 heterocycles. The van der Waals surface area contributed by atoms with Crippen molar-refractivity contribution in [3.8, 4) is 11.5 Å². The maximum Gasteiger partial charge on any atom is 0.225 e. The lowest BCUT2D eigenvalue weighted by atomic mass is 10.2. The zero-order valence-corrected chi connectivity index (χ0v) is 15.1. The zero-order valence-electron chi connectivity index (χ0n) is 15.1. The number of fused-ring (bicyclic) bond motifs is 1. The fraction of sp³-hybridized carbons (Fsp3) is 0.421. The number of hydrogen-bond acceptors (Lipinski definition) is 6. The average molecular weight is 353 g/mol. The lowest BCUT2D eigenvalue weighted by Gasteiger charge is -2.13. The van der Waals surface area contributed by atoms with Crippen molar-refractivity contribution in [2.45, 2.75) is 38.3 Å². The van der Waals surface area contributed by atoms with Gasteiger partial charge >= 0.3 is 0 Å². The molecule has 0 unspecified atom stereocenters. The van der Waals surface area contributed by atoms with E-state index in [4.69, 9.17) is 14.5 Å². The third-order valence-corrected chi connectivity index (χ3v) is 4.97. The van der Waals surface area contributed by atoms with Gasteiger partial charge in [-0.3, -0.25) is 0 Å². The Bertz CT molecular complexity index is 902. The largest absolute Gasteiger partial charge is 0.497 e. The van der Waals surface area contributed by atoms with Crippen LogP contribution < -0.4 is 14.8 Å². The fourth-order valence-corrected chi connectivity index (χ4v) is 3.53. The topological polar surface area (TPSA) is 74.1 Å². The quantitative estimate of drug-likeness (QED) is 0.730. The molecule has 0 atom stereocenters. The first-order valence-corrected chi connectivity index (χ1v) is 8.93. The second-order valence-corrected chi connectivity index (χ2v) is 6.52. The normalized spacial score (nSPS) is 14.7. The van der Waals surface area contributed by atoms with E-state index in [2.05, 4.69) is 19.9 Å². The molecule has 0 bridgehead atoms. The Kier molecular flexibility index (Phi) is 4.60. The molecule has 4 rings (SSSR count). The first-order chi connectivity index (χ1) is 12.8. The van der Waals surface area contributed by atoms with Gasteiger partial charge in [0.15, 0.2) is 5.65 Å². The van der Waals surface area contributed by atoms with Crippen molar-refractivity contribution in [1.82, 2.24) is 19.5 Å². The summed E-state index contributed by atoms with van der Waals surface area (Å²) in [4.78, 5) is 13.5. The molecule has 1 fully saturated rings. The van der Waals surface area contributed by atoms with Gasteiger partial charge in [0.05, 0.1) is 26.7 Å². The van der Waals surface area contributed by atoms with Crippen LogP contribution in [-0.4, -0.2) is 33.7 Å². The highest BCUT2D eigenvalue weighted by atomic mass is 16.5. The van der Waals surface area contributed by atoms with Gasteiger partial charge in [-0.05, 0) is 25.0 Å². The van der Waals surface area contributed by atoms with Crippen molar-refractivity contribution in [3.05, 3.63) is 36.3 Å². The average Bonchev–Trinajstić information content (AvgIpc) is 3.35. The van der Waals surface area contributed by atoms with Crippen LogP contribution in [0.5, 0.6) is 11.5 Å². The molecule has 1 aromatic carbocycles. The Morgan fingerprint density at radius 3 is 2.77 bits per heavy atom. The summed E-state index contributed by atoms with van der Waals surface area (Å²) in [5.41, 5.74) is 2.75. The molecule has 3 aromatic rings. The van der Waals surface area contributed by atoms with Gasteiger partial charge in [-0.25, -0.2) is 9.97 Å². The molecule has 7 heteroatoms. The number of anilines is 1. The highest BCUT2D eigenvalue weighted by Gasteiger charge is 2.19. The number of hydrogen-bond donors (Lipinski definition) is 1. The van der Waals surface area contributed by atoms with Crippen LogP contribution in [0.15, 0.2) is 30.7 Å². The Morgan fingerprint density at radius 1 is 1.15 bits per heavy atom. The molecule has 0 spiro atoms. The standard InChI is InChI=1S/C19H23N5O2/c1-25-15-8-7-13(17(9-15)26-2)10-20-19-21-11-16-18(23-19)24(12-22-16)14-5-3-4-6-14/h7-9,11-12,14H,3-6,10H2,1-2H3,(H,20,21,23). The van der Waals surface area contributed by atoms with Crippen molar-refractivity contribution in [2.24, 2.45) is 0 Å². The van der Waals surface area contributed by atoms with Gasteiger partial charge < -0.3 is 19.4 Å². The lowest BCUT2D eigenvalue weighted by Crippen LogP contribution is -2.08. The fourth-order valence-electron chi connectivity index (χ4n) is 3.53. The van der Waals surface area contributed by atoms with Gasteiger partial charge in [-0.1, -0.05) is 12.8 Å². The molecule has 26 heavy (non-hydrogen) atoms. The molecule has 2 aromatic heterocycles. The Balaban J connectivity index is 1.55. The van der Waals surface area contributed by atoms with E-state index < -0.39 is 0 Å². The first-order valence-electron chi connectivity index (χ1n) is 8.93. The van der Waals surface area contributed by atoms with Gasteiger partial charge in [0, 0.05) is 24.2 Å². The van der Waals surface area contributed by atoms with Crippen LogP contribution in [-0.2, 0) is 6.54 Å². The molecule has 1 N–H and O–H groups in total. The van der Waals surface area contributed by atoms with Crippen LogP contribution in [0.4, 0.5) is 5.95 Å². The van der Waals surface area contributed by atoms with Crippen LogP contribution in [0, 0.1) is 0 Å². The molecule has 1 aliphatic carbocycles. The number of methoxy groups -OCH3 is 2. The van der Waals surface area contributed by atoms with Gasteiger partial charge in [0.1, 0.15) is 17.0 Å². The number of aromatic nitrogens is 4. The minimum atomic E-state index is 0.504. The van der Waals surface area contributed by atoms with E-state index in [1.54, 1.807) is 20.4 Å². The van der Waals surface area contributed by atoms with Crippen LogP contribution in [0.3, 0.4) is 0 Å². The third kappa shape index (κ3) is 3.16. The van der Waals surface area contributed by atoms with E-state index in [0.717, 1.165) is 28.2 Å². The molecule has 136 valence electrons. The molecular weight excluding hydrogens is 330 g/mol. The monoisotopic (exact) mass is 353 g/mol. The number of ether oxygens (including phenoxy) is 2. The third-order valence-electron chi connectivity index (χ3n) is 4.97. The van der Waals surface area contributed by atoms with E-state index >= 15 is 0 Å². The zero-order chi connectivity index (χ0) is 17.9. The Morgan fingerprint density at radius 2 is 2.00 bits per heavy atom. The number of rotatable bonds is 6. The number of nitrogens with zero attached hydrogens (tertiary/aromatic N) is 4. The Labute approximate surface area is 152 Å². The maximum atomic E-state index is 5.45. The van der Waals surface area contributed by atoms with Gasteiger partial charge in [0.25, 0.3) is 0 Å². The number of benzene rings is 1. The van der Waals surface area contributed by atoms with Gasteiger partial charge in [0.2, 0.25) is 5.95 Å².